The summed E-state index contributed by atoms with van der Waals surface area (Å²) in [7, 11) is 2.17. The zero-order valence-corrected chi connectivity index (χ0v) is 7.40. The molecule has 0 N–H and O–H groups in total. The van der Waals surface area contributed by atoms with Gasteiger partial charge in [0.05, 0.1) is 11.7 Å². The molecule has 0 aromatic carbocycles. The zero-order valence-electron chi connectivity index (χ0n) is 7.40. The highest BCUT2D eigenvalue weighted by atomic mass is 15.2. The monoisotopic (exact) mass is 162 g/mol. The molecule has 2 heterocycles. The van der Waals surface area contributed by atoms with Gasteiger partial charge in [0.1, 0.15) is 0 Å². The predicted octanol–water partition coefficient (Wildman–Crippen LogP) is 1.85. The maximum atomic E-state index is 4.37. The van der Waals surface area contributed by atoms with E-state index in [-0.39, 0.29) is 0 Å². The number of aromatic nitrogens is 1. The van der Waals surface area contributed by atoms with Crippen LogP contribution in [0.1, 0.15) is 24.6 Å². The average molecular weight is 162 g/mol. The van der Waals surface area contributed by atoms with Gasteiger partial charge in [0, 0.05) is 6.20 Å². The summed E-state index contributed by atoms with van der Waals surface area (Å²) in [5, 5.41) is 0. The molecule has 1 atom stereocenters. The lowest BCUT2D eigenvalue weighted by atomic mass is 10.1. The molecule has 1 aromatic rings. The van der Waals surface area contributed by atoms with Crippen LogP contribution in [0.3, 0.4) is 0 Å². The first-order valence-corrected chi connectivity index (χ1v) is 4.49. The first kappa shape index (κ1) is 7.74. The molecule has 2 nitrogen and oxygen atoms in total. The second-order valence-corrected chi connectivity index (χ2v) is 3.39. The molecule has 0 unspecified atom stereocenters. The summed E-state index contributed by atoms with van der Waals surface area (Å²) in [5.41, 5.74) is 1.22. The van der Waals surface area contributed by atoms with Gasteiger partial charge in [-0.15, -0.1) is 0 Å². The lowest BCUT2D eigenvalue weighted by Crippen LogP contribution is -2.18. The molecule has 12 heavy (non-hydrogen) atoms. The van der Waals surface area contributed by atoms with Crippen molar-refractivity contribution in [3.05, 3.63) is 30.1 Å². The lowest BCUT2D eigenvalue weighted by Gasteiger charge is -2.18. The number of rotatable bonds is 1. The average Bonchev–Trinajstić information content (AvgIpc) is 2.53. The van der Waals surface area contributed by atoms with Crippen molar-refractivity contribution >= 4 is 0 Å². The molecule has 2 heteroatoms. The van der Waals surface area contributed by atoms with Crippen LogP contribution < -0.4 is 0 Å². The molecular weight excluding hydrogens is 148 g/mol. The molecule has 1 fully saturated rings. The summed E-state index contributed by atoms with van der Waals surface area (Å²) in [5.74, 6) is 0. The van der Waals surface area contributed by atoms with Gasteiger partial charge in [0.2, 0.25) is 0 Å². The van der Waals surface area contributed by atoms with Crippen molar-refractivity contribution in [1.82, 2.24) is 9.88 Å². The number of hydrogen-bond donors (Lipinski definition) is 0. The van der Waals surface area contributed by atoms with E-state index >= 15 is 0 Å². The predicted molar refractivity (Wildman–Crippen MR) is 48.8 cm³/mol. The summed E-state index contributed by atoms with van der Waals surface area (Å²) in [6, 6.07) is 6.71. The standard InChI is InChI=1S/C10H14N2/c1-12-8-4-6-10(12)9-5-2-3-7-11-9/h2-3,5,7,10H,4,6,8H2,1H3/t10-/m0/s1. The van der Waals surface area contributed by atoms with E-state index in [0.717, 1.165) is 0 Å². The Morgan fingerprint density at radius 1 is 1.50 bits per heavy atom. The van der Waals surface area contributed by atoms with Crippen molar-refractivity contribution in [3.8, 4) is 0 Å². The summed E-state index contributed by atoms with van der Waals surface area (Å²) in [6.45, 7) is 1.21. The fraction of sp³-hybridized carbons (Fsp3) is 0.500. The van der Waals surface area contributed by atoms with Gasteiger partial charge in [-0.05, 0) is 38.6 Å². The molecule has 64 valence electrons. The third kappa shape index (κ3) is 1.34. The van der Waals surface area contributed by atoms with E-state index in [0.29, 0.717) is 6.04 Å². The molecule has 1 aliphatic heterocycles. The molecule has 1 saturated heterocycles. The SMILES string of the molecule is CN1CCC[C@H]1c1ccccn1. The molecule has 0 saturated carbocycles. The molecule has 0 radical (unpaired) electrons. The Labute approximate surface area is 73.2 Å². The minimum Gasteiger partial charge on any atom is -0.298 e. The molecule has 0 aliphatic carbocycles. The second kappa shape index (κ2) is 3.23. The van der Waals surface area contributed by atoms with Gasteiger partial charge in [-0.1, -0.05) is 6.07 Å². The van der Waals surface area contributed by atoms with Crippen molar-refractivity contribution in [2.24, 2.45) is 0 Å². The van der Waals surface area contributed by atoms with Crippen molar-refractivity contribution in [3.63, 3.8) is 0 Å². The van der Waals surface area contributed by atoms with E-state index in [9.17, 15) is 0 Å². The normalized spacial score (nSPS) is 24.6. The summed E-state index contributed by atoms with van der Waals surface area (Å²) >= 11 is 0. The summed E-state index contributed by atoms with van der Waals surface area (Å²) in [6.07, 6.45) is 4.44. The highest BCUT2D eigenvalue weighted by Gasteiger charge is 2.22. The Kier molecular flexibility index (Phi) is 2.09. The molecular formula is C10H14N2. The molecule has 0 spiro atoms. The van der Waals surface area contributed by atoms with E-state index in [2.05, 4.69) is 29.1 Å². The van der Waals surface area contributed by atoms with Gasteiger partial charge < -0.3 is 0 Å². The second-order valence-electron chi connectivity index (χ2n) is 3.39. The van der Waals surface area contributed by atoms with Crippen molar-refractivity contribution in [2.45, 2.75) is 18.9 Å². The third-order valence-corrected chi connectivity index (χ3v) is 2.55. The smallest absolute Gasteiger partial charge is 0.0575 e. The van der Waals surface area contributed by atoms with Crippen LogP contribution in [-0.2, 0) is 0 Å². The quantitative estimate of drug-likeness (QED) is 0.626. The maximum absolute atomic E-state index is 4.37. The molecule has 0 bridgehead atoms. The Hall–Kier alpha value is -0.890. The Bertz CT molecular complexity index is 245. The lowest BCUT2D eigenvalue weighted by molar-refractivity contribution is 0.312. The summed E-state index contributed by atoms with van der Waals surface area (Å²) < 4.78 is 0. The molecule has 1 aromatic heterocycles. The van der Waals surface area contributed by atoms with Crippen LogP contribution >= 0.6 is 0 Å². The maximum Gasteiger partial charge on any atom is 0.0575 e. The van der Waals surface area contributed by atoms with Crippen molar-refractivity contribution in [1.29, 1.82) is 0 Å². The minimum absolute atomic E-state index is 0.561. The fourth-order valence-electron chi connectivity index (χ4n) is 1.86. The number of hydrogen-bond acceptors (Lipinski definition) is 2. The zero-order chi connectivity index (χ0) is 8.39. The van der Waals surface area contributed by atoms with Crippen LogP contribution in [0.5, 0.6) is 0 Å². The van der Waals surface area contributed by atoms with E-state index in [1.165, 1.54) is 25.1 Å². The van der Waals surface area contributed by atoms with Gasteiger partial charge in [0.15, 0.2) is 0 Å². The van der Waals surface area contributed by atoms with E-state index in [4.69, 9.17) is 0 Å². The van der Waals surface area contributed by atoms with E-state index < -0.39 is 0 Å². The highest BCUT2D eigenvalue weighted by molar-refractivity contribution is 5.09. The van der Waals surface area contributed by atoms with Gasteiger partial charge in [0.25, 0.3) is 0 Å². The van der Waals surface area contributed by atoms with Crippen LogP contribution in [0.25, 0.3) is 0 Å². The van der Waals surface area contributed by atoms with Gasteiger partial charge in [-0.2, -0.15) is 0 Å². The highest BCUT2D eigenvalue weighted by Crippen LogP contribution is 2.28. The minimum atomic E-state index is 0.561. The van der Waals surface area contributed by atoms with Gasteiger partial charge in [-0.3, -0.25) is 9.88 Å². The van der Waals surface area contributed by atoms with Crippen LogP contribution in [-0.4, -0.2) is 23.5 Å². The number of pyridine rings is 1. The van der Waals surface area contributed by atoms with Gasteiger partial charge in [-0.25, -0.2) is 0 Å². The Morgan fingerprint density at radius 2 is 2.42 bits per heavy atom. The van der Waals surface area contributed by atoms with Crippen LogP contribution in [0.2, 0.25) is 0 Å². The van der Waals surface area contributed by atoms with Crippen LogP contribution in [0.4, 0.5) is 0 Å². The summed E-state index contributed by atoms with van der Waals surface area (Å²) in [4.78, 5) is 6.75. The van der Waals surface area contributed by atoms with Gasteiger partial charge >= 0.3 is 0 Å². The third-order valence-electron chi connectivity index (χ3n) is 2.55. The molecule has 2 rings (SSSR count). The topological polar surface area (TPSA) is 16.1 Å². The Morgan fingerprint density at radius 3 is 3.00 bits per heavy atom. The molecule has 0 amide bonds. The number of likely N-dealkylation sites (tertiary alicyclic amines) is 1. The van der Waals surface area contributed by atoms with Crippen molar-refractivity contribution in [2.75, 3.05) is 13.6 Å². The first-order chi connectivity index (χ1) is 5.88. The van der Waals surface area contributed by atoms with Crippen molar-refractivity contribution < 1.29 is 0 Å². The van der Waals surface area contributed by atoms with Crippen LogP contribution in [0, 0.1) is 0 Å². The van der Waals surface area contributed by atoms with E-state index in [1.54, 1.807) is 0 Å². The van der Waals surface area contributed by atoms with E-state index in [1.807, 2.05) is 12.3 Å². The Balaban J connectivity index is 2.19. The first-order valence-electron chi connectivity index (χ1n) is 4.49. The largest absolute Gasteiger partial charge is 0.298 e. The fourth-order valence-corrected chi connectivity index (χ4v) is 1.86. The molecule has 1 aliphatic rings. The van der Waals surface area contributed by atoms with Crippen LogP contribution in [0.15, 0.2) is 24.4 Å². The number of nitrogens with zero attached hydrogens (tertiary/aromatic N) is 2.